The monoisotopic (exact) mass is 293 g/mol. The summed E-state index contributed by atoms with van der Waals surface area (Å²) >= 11 is 0. The molecule has 0 aliphatic heterocycles. The van der Waals surface area contributed by atoms with Crippen LogP contribution in [0.5, 0.6) is 0 Å². The molecule has 0 aromatic heterocycles. The fraction of sp³-hybridized carbons (Fsp3) is 0.462. The first kappa shape index (κ1) is 16.3. The summed E-state index contributed by atoms with van der Waals surface area (Å²) in [4.78, 5) is 10.3. The molecule has 0 fully saturated rings. The van der Waals surface area contributed by atoms with E-state index < -0.39 is 47.0 Å². The lowest BCUT2D eigenvalue weighted by Gasteiger charge is -2.12. The van der Waals surface area contributed by atoms with Crippen LogP contribution in [0, 0.1) is 23.3 Å². The molecule has 2 N–H and O–H groups in total. The van der Waals surface area contributed by atoms with Crippen LogP contribution in [0.4, 0.5) is 22.4 Å². The standard InChI is InChI=1S/C13H15F4NO2/c1-2-3-4-5-7-9(14)11(16)8(6-18-13(19)20)12(17)10(7)15/h18H,2-6H2,1H3,(H,19,20). The predicted molar refractivity (Wildman–Crippen MR) is 64.4 cm³/mol. The quantitative estimate of drug-likeness (QED) is 0.477. The van der Waals surface area contributed by atoms with Gasteiger partial charge in [-0.1, -0.05) is 19.8 Å². The summed E-state index contributed by atoms with van der Waals surface area (Å²) in [6.07, 6.45) is 0.248. The Morgan fingerprint density at radius 1 is 1.00 bits per heavy atom. The van der Waals surface area contributed by atoms with Gasteiger partial charge in [0.2, 0.25) is 0 Å². The van der Waals surface area contributed by atoms with E-state index in [0.29, 0.717) is 12.8 Å². The van der Waals surface area contributed by atoms with Gasteiger partial charge in [0, 0.05) is 11.1 Å². The molecule has 0 heterocycles. The molecule has 3 nitrogen and oxygen atoms in total. The average Bonchev–Trinajstić information content (AvgIpc) is 2.40. The molecule has 20 heavy (non-hydrogen) atoms. The molecular weight excluding hydrogens is 278 g/mol. The summed E-state index contributed by atoms with van der Waals surface area (Å²) in [7, 11) is 0. The third-order valence-electron chi connectivity index (χ3n) is 2.89. The zero-order valence-electron chi connectivity index (χ0n) is 10.9. The van der Waals surface area contributed by atoms with E-state index in [-0.39, 0.29) is 6.42 Å². The minimum absolute atomic E-state index is 0.105. The highest BCUT2D eigenvalue weighted by atomic mass is 19.2. The van der Waals surface area contributed by atoms with E-state index in [0.717, 1.165) is 6.42 Å². The summed E-state index contributed by atoms with van der Waals surface area (Å²) < 4.78 is 54.7. The first-order valence-electron chi connectivity index (χ1n) is 6.20. The van der Waals surface area contributed by atoms with Gasteiger partial charge in [0.25, 0.3) is 0 Å². The first-order chi connectivity index (χ1) is 9.40. The number of halogens is 4. The van der Waals surface area contributed by atoms with E-state index in [1.165, 1.54) is 0 Å². The van der Waals surface area contributed by atoms with Gasteiger partial charge < -0.3 is 10.4 Å². The number of nitrogens with one attached hydrogen (secondary N) is 1. The molecule has 112 valence electrons. The number of hydrogen-bond donors (Lipinski definition) is 2. The Hall–Kier alpha value is -1.79. The topological polar surface area (TPSA) is 49.3 Å². The van der Waals surface area contributed by atoms with Crippen LogP contribution in [-0.2, 0) is 13.0 Å². The predicted octanol–water partition coefficient (Wildman–Crippen LogP) is 3.74. The molecule has 0 atom stereocenters. The molecule has 1 aromatic carbocycles. The number of benzene rings is 1. The molecule has 1 amide bonds. The smallest absolute Gasteiger partial charge is 0.404 e. The van der Waals surface area contributed by atoms with Gasteiger partial charge in [0.1, 0.15) is 0 Å². The van der Waals surface area contributed by atoms with Gasteiger partial charge in [-0.2, -0.15) is 0 Å². The second kappa shape index (κ2) is 7.12. The number of amides is 1. The Morgan fingerprint density at radius 2 is 1.50 bits per heavy atom. The number of hydrogen-bond acceptors (Lipinski definition) is 1. The Kier molecular flexibility index (Phi) is 5.79. The normalized spacial score (nSPS) is 10.7. The van der Waals surface area contributed by atoms with Gasteiger partial charge in [-0.15, -0.1) is 0 Å². The lowest BCUT2D eigenvalue weighted by atomic mass is 10.0. The molecule has 0 radical (unpaired) electrons. The number of rotatable bonds is 6. The molecule has 0 aliphatic carbocycles. The maximum absolute atomic E-state index is 13.7. The summed E-state index contributed by atoms with van der Waals surface area (Å²) in [5.74, 6) is -6.02. The molecule has 1 rings (SSSR count). The van der Waals surface area contributed by atoms with E-state index >= 15 is 0 Å². The lowest BCUT2D eigenvalue weighted by molar-refractivity contribution is 0.193. The Morgan fingerprint density at radius 3 is 1.95 bits per heavy atom. The highest BCUT2D eigenvalue weighted by Crippen LogP contribution is 2.25. The van der Waals surface area contributed by atoms with Crippen molar-refractivity contribution >= 4 is 6.09 Å². The zero-order chi connectivity index (χ0) is 15.3. The van der Waals surface area contributed by atoms with Crippen molar-refractivity contribution in [1.82, 2.24) is 5.32 Å². The van der Waals surface area contributed by atoms with Crippen molar-refractivity contribution in [2.75, 3.05) is 0 Å². The Balaban J connectivity index is 3.09. The van der Waals surface area contributed by atoms with Crippen molar-refractivity contribution < 1.29 is 27.5 Å². The largest absolute Gasteiger partial charge is 0.465 e. The number of carboxylic acid groups (broad SMARTS) is 1. The molecule has 7 heteroatoms. The molecule has 0 bridgehead atoms. The van der Waals surface area contributed by atoms with Crippen LogP contribution in [0.2, 0.25) is 0 Å². The van der Waals surface area contributed by atoms with Gasteiger partial charge in [-0.3, -0.25) is 0 Å². The van der Waals surface area contributed by atoms with Gasteiger partial charge >= 0.3 is 6.09 Å². The summed E-state index contributed by atoms with van der Waals surface area (Å²) in [5.41, 5.74) is -1.59. The second-order valence-electron chi connectivity index (χ2n) is 4.33. The van der Waals surface area contributed by atoms with E-state index in [4.69, 9.17) is 5.11 Å². The van der Waals surface area contributed by atoms with Crippen molar-refractivity contribution in [3.05, 3.63) is 34.4 Å². The average molecular weight is 293 g/mol. The second-order valence-corrected chi connectivity index (χ2v) is 4.33. The molecular formula is C13H15F4NO2. The van der Waals surface area contributed by atoms with Crippen LogP contribution in [0.25, 0.3) is 0 Å². The van der Waals surface area contributed by atoms with Crippen LogP contribution in [0.3, 0.4) is 0 Å². The third kappa shape index (κ3) is 3.61. The third-order valence-corrected chi connectivity index (χ3v) is 2.89. The SMILES string of the molecule is CCCCCc1c(F)c(F)c(CNC(=O)O)c(F)c1F. The molecule has 1 aromatic rings. The maximum Gasteiger partial charge on any atom is 0.404 e. The highest BCUT2D eigenvalue weighted by Gasteiger charge is 2.24. The highest BCUT2D eigenvalue weighted by molar-refractivity contribution is 5.64. The van der Waals surface area contributed by atoms with Crippen LogP contribution < -0.4 is 5.32 Å². The van der Waals surface area contributed by atoms with Gasteiger partial charge in [0.15, 0.2) is 23.3 Å². The van der Waals surface area contributed by atoms with Crippen molar-refractivity contribution in [2.45, 2.75) is 39.2 Å². The van der Waals surface area contributed by atoms with Crippen molar-refractivity contribution in [3.63, 3.8) is 0 Å². The molecule has 0 spiro atoms. The van der Waals surface area contributed by atoms with Crippen molar-refractivity contribution in [2.24, 2.45) is 0 Å². The summed E-state index contributed by atoms with van der Waals surface area (Å²) in [5, 5.41) is 10.0. The summed E-state index contributed by atoms with van der Waals surface area (Å²) in [6, 6.07) is 0. The molecule has 0 unspecified atom stereocenters. The van der Waals surface area contributed by atoms with Crippen LogP contribution in [0.15, 0.2) is 0 Å². The minimum Gasteiger partial charge on any atom is -0.465 e. The molecule has 0 saturated heterocycles. The minimum atomic E-state index is -1.55. The lowest BCUT2D eigenvalue weighted by Crippen LogP contribution is -2.23. The van der Waals surface area contributed by atoms with E-state index in [2.05, 4.69) is 0 Å². The van der Waals surface area contributed by atoms with Crippen molar-refractivity contribution in [3.8, 4) is 0 Å². The van der Waals surface area contributed by atoms with Crippen LogP contribution in [-0.4, -0.2) is 11.2 Å². The Bertz CT molecular complexity index is 477. The van der Waals surface area contributed by atoms with Gasteiger partial charge in [0.05, 0.1) is 6.54 Å². The zero-order valence-corrected chi connectivity index (χ0v) is 10.9. The molecule has 0 saturated carbocycles. The number of carbonyl (C=O) groups is 1. The fourth-order valence-corrected chi connectivity index (χ4v) is 1.81. The van der Waals surface area contributed by atoms with Gasteiger partial charge in [-0.05, 0) is 12.8 Å². The van der Waals surface area contributed by atoms with Crippen LogP contribution >= 0.6 is 0 Å². The van der Waals surface area contributed by atoms with E-state index in [9.17, 15) is 22.4 Å². The fourth-order valence-electron chi connectivity index (χ4n) is 1.81. The van der Waals surface area contributed by atoms with E-state index in [1.54, 1.807) is 5.32 Å². The van der Waals surface area contributed by atoms with Crippen molar-refractivity contribution in [1.29, 1.82) is 0 Å². The summed E-state index contributed by atoms with van der Waals surface area (Å²) in [6.45, 7) is 1.05. The van der Waals surface area contributed by atoms with E-state index in [1.807, 2.05) is 6.92 Å². The first-order valence-corrected chi connectivity index (χ1v) is 6.20. The number of unbranched alkanes of at least 4 members (excludes halogenated alkanes) is 2. The molecule has 0 aliphatic rings. The van der Waals surface area contributed by atoms with Gasteiger partial charge in [-0.25, -0.2) is 22.4 Å². The maximum atomic E-state index is 13.7. The Labute approximate surface area is 113 Å². The van der Waals surface area contributed by atoms with Crippen LogP contribution in [0.1, 0.15) is 37.3 Å².